The minimum atomic E-state index is 0.798. The van der Waals surface area contributed by atoms with Gasteiger partial charge < -0.3 is 8.83 Å². The fourth-order valence-corrected chi connectivity index (χ4v) is 2.56. The van der Waals surface area contributed by atoms with Crippen LogP contribution in [0, 0.1) is 0 Å². The molecular weight excluding hydrogens is 296 g/mol. The molecule has 0 spiro atoms. The number of hydrogen-bond acceptors (Lipinski definition) is 2. The molecule has 0 atom stereocenters. The van der Waals surface area contributed by atoms with Crippen molar-refractivity contribution in [3.63, 3.8) is 0 Å². The van der Waals surface area contributed by atoms with Gasteiger partial charge in [-0.25, -0.2) is 0 Å². The molecule has 0 N–H and O–H groups in total. The van der Waals surface area contributed by atoms with Crippen LogP contribution in [-0.4, -0.2) is 0 Å². The molecule has 0 aliphatic heterocycles. The van der Waals surface area contributed by atoms with Gasteiger partial charge >= 0.3 is 0 Å². The molecule has 2 heteroatoms. The Morgan fingerprint density at radius 2 is 0.875 bits per heavy atom. The lowest BCUT2D eigenvalue weighted by Gasteiger charge is -1.95. The Bertz CT molecular complexity index is 864. The van der Waals surface area contributed by atoms with Crippen LogP contribution in [0.15, 0.2) is 93.8 Å². The molecule has 0 aliphatic carbocycles. The fraction of sp³-hybridized carbons (Fsp3) is 0. The molecule has 0 saturated heterocycles. The first-order valence-electron chi connectivity index (χ1n) is 7.87. The first kappa shape index (κ1) is 14.3. The second-order valence-electron chi connectivity index (χ2n) is 5.47. The molecule has 2 heterocycles. The molecule has 2 aromatic heterocycles. The summed E-state index contributed by atoms with van der Waals surface area (Å²) < 4.78 is 11.7. The number of hydrogen-bond donors (Lipinski definition) is 0. The topological polar surface area (TPSA) is 26.3 Å². The van der Waals surface area contributed by atoms with Gasteiger partial charge in [-0.3, -0.25) is 0 Å². The molecule has 2 aromatic carbocycles. The quantitative estimate of drug-likeness (QED) is 0.437. The molecule has 4 aromatic rings. The molecule has 0 aliphatic rings. The predicted molar refractivity (Wildman–Crippen MR) is 97.2 cm³/mol. The molecule has 116 valence electrons. The van der Waals surface area contributed by atoms with E-state index in [-0.39, 0.29) is 0 Å². The monoisotopic (exact) mass is 312 g/mol. The summed E-state index contributed by atoms with van der Waals surface area (Å²) in [5.41, 5.74) is 2.14. The van der Waals surface area contributed by atoms with Crippen LogP contribution in [0.4, 0.5) is 0 Å². The maximum atomic E-state index is 5.85. The van der Waals surface area contributed by atoms with Gasteiger partial charge in [0.05, 0.1) is 0 Å². The largest absolute Gasteiger partial charge is 0.457 e. The fourth-order valence-electron chi connectivity index (χ4n) is 2.56. The third kappa shape index (κ3) is 3.08. The third-order valence-corrected chi connectivity index (χ3v) is 3.78. The van der Waals surface area contributed by atoms with Crippen LogP contribution >= 0.6 is 0 Å². The Kier molecular flexibility index (Phi) is 3.86. The Hall–Kier alpha value is -3.26. The molecular formula is C22H16O2. The zero-order chi connectivity index (χ0) is 16.2. The molecule has 4 rings (SSSR count). The van der Waals surface area contributed by atoms with Gasteiger partial charge in [-0.1, -0.05) is 60.7 Å². The molecule has 0 radical (unpaired) electrons. The van der Waals surface area contributed by atoms with E-state index in [1.165, 1.54) is 0 Å². The lowest BCUT2D eigenvalue weighted by Crippen LogP contribution is -1.70. The van der Waals surface area contributed by atoms with E-state index in [4.69, 9.17) is 8.83 Å². The van der Waals surface area contributed by atoms with Crippen molar-refractivity contribution in [2.75, 3.05) is 0 Å². The van der Waals surface area contributed by atoms with Crippen molar-refractivity contribution in [3.8, 4) is 22.6 Å². The minimum Gasteiger partial charge on any atom is -0.457 e. The zero-order valence-electron chi connectivity index (χ0n) is 13.1. The number of furan rings is 2. The molecule has 0 fully saturated rings. The van der Waals surface area contributed by atoms with Gasteiger partial charge in [0.1, 0.15) is 23.0 Å². The van der Waals surface area contributed by atoms with E-state index < -0.39 is 0 Å². The number of rotatable bonds is 4. The van der Waals surface area contributed by atoms with Gasteiger partial charge in [-0.2, -0.15) is 0 Å². The van der Waals surface area contributed by atoms with Gasteiger partial charge in [0.15, 0.2) is 0 Å². The van der Waals surface area contributed by atoms with E-state index in [0.29, 0.717) is 0 Å². The highest BCUT2D eigenvalue weighted by Gasteiger charge is 2.04. The third-order valence-electron chi connectivity index (χ3n) is 3.78. The molecule has 0 bridgehead atoms. The van der Waals surface area contributed by atoms with Crippen molar-refractivity contribution in [2.24, 2.45) is 0 Å². The lowest BCUT2D eigenvalue weighted by atomic mass is 10.2. The zero-order valence-corrected chi connectivity index (χ0v) is 13.1. The van der Waals surface area contributed by atoms with Gasteiger partial charge in [0, 0.05) is 11.1 Å². The summed E-state index contributed by atoms with van der Waals surface area (Å²) in [5.74, 6) is 3.32. The van der Waals surface area contributed by atoms with Crippen LogP contribution in [0.1, 0.15) is 11.5 Å². The average Bonchev–Trinajstić information content (AvgIpc) is 3.31. The molecule has 2 nitrogen and oxygen atoms in total. The smallest absolute Gasteiger partial charge is 0.134 e. The highest BCUT2D eigenvalue weighted by molar-refractivity contribution is 5.69. The summed E-state index contributed by atoms with van der Waals surface area (Å²) in [4.78, 5) is 0. The molecule has 0 amide bonds. The van der Waals surface area contributed by atoms with Crippen molar-refractivity contribution in [1.29, 1.82) is 0 Å². The van der Waals surface area contributed by atoms with Crippen LogP contribution in [0.5, 0.6) is 0 Å². The van der Waals surface area contributed by atoms with Crippen molar-refractivity contribution < 1.29 is 8.83 Å². The maximum absolute atomic E-state index is 5.85. The summed E-state index contributed by atoms with van der Waals surface area (Å²) in [6.45, 7) is 0. The van der Waals surface area contributed by atoms with E-state index in [1.54, 1.807) is 0 Å². The van der Waals surface area contributed by atoms with Gasteiger partial charge in [0.25, 0.3) is 0 Å². The summed E-state index contributed by atoms with van der Waals surface area (Å²) in [6.07, 6.45) is 3.83. The highest BCUT2D eigenvalue weighted by Crippen LogP contribution is 2.25. The molecule has 0 saturated carbocycles. The van der Waals surface area contributed by atoms with E-state index in [1.807, 2.05) is 97.1 Å². The second-order valence-corrected chi connectivity index (χ2v) is 5.47. The minimum absolute atomic E-state index is 0.798. The van der Waals surface area contributed by atoms with E-state index in [9.17, 15) is 0 Å². The molecule has 24 heavy (non-hydrogen) atoms. The van der Waals surface area contributed by atoms with Crippen LogP contribution in [-0.2, 0) is 0 Å². The van der Waals surface area contributed by atoms with Crippen molar-refractivity contribution in [3.05, 3.63) is 96.4 Å². The predicted octanol–water partition coefficient (Wildman–Crippen LogP) is 6.38. The Balaban J connectivity index is 1.52. The second kappa shape index (κ2) is 6.47. The van der Waals surface area contributed by atoms with Gasteiger partial charge in [-0.05, 0) is 36.4 Å². The normalized spacial score (nSPS) is 11.2. The average molecular weight is 312 g/mol. The summed E-state index contributed by atoms with van der Waals surface area (Å²) in [7, 11) is 0. The van der Waals surface area contributed by atoms with Crippen LogP contribution in [0.3, 0.4) is 0 Å². The SMILES string of the molecule is C(=C\c1ccc(-c2ccccc2)o1)/c1ccc(-c2ccccc2)o1. The van der Waals surface area contributed by atoms with Crippen LogP contribution < -0.4 is 0 Å². The van der Waals surface area contributed by atoms with Crippen LogP contribution in [0.2, 0.25) is 0 Å². The Labute approximate surface area is 140 Å². The van der Waals surface area contributed by atoms with Crippen molar-refractivity contribution in [2.45, 2.75) is 0 Å². The standard InChI is InChI=1S/C22H16O2/c1-3-7-17(8-4-1)21-15-13-19(23-21)11-12-20-14-16-22(24-20)18-9-5-2-6-10-18/h1-16H/b12-11+. The van der Waals surface area contributed by atoms with Crippen molar-refractivity contribution >= 4 is 12.2 Å². The first-order chi connectivity index (χ1) is 11.9. The van der Waals surface area contributed by atoms with E-state index >= 15 is 0 Å². The van der Waals surface area contributed by atoms with E-state index in [2.05, 4.69) is 0 Å². The van der Waals surface area contributed by atoms with E-state index in [0.717, 1.165) is 34.2 Å². The Morgan fingerprint density at radius 1 is 0.458 bits per heavy atom. The lowest BCUT2D eigenvalue weighted by molar-refractivity contribution is 0.567. The maximum Gasteiger partial charge on any atom is 0.134 e. The summed E-state index contributed by atoms with van der Waals surface area (Å²) in [5, 5.41) is 0. The highest BCUT2D eigenvalue weighted by atomic mass is 16.3. The Morgan fingerprint density at radius 3 is 1.29 bits per heavy atom. The van der Waals surface area contributed by atoms with Gasteiger partial charge in [0.2, 0.25) is 0 Å². The summed E-state index contributed by atoms with van der Waals surface area (Å²) in [6, 6.07) is 28.0. The van der Waals surface area contributed by atoms with Gasteiger partial charge in [-0.15, -0.1) is 0 Å². The van der Waals surface area contributed by atoms with Crippen LogP contribution in [0.25, 0.3) is 34.8 Å². The number of benzene rings is 2. The molecule has 0 unspecified atom stereocenters. The summed E-state index contributed by atoms with van der Waals surface area (Å²) >= 11 is 0. The first-order valence-corrected chi connectivity index (χ1v) is 7.87. The van der Waals surface area contributed by atoms with Crippen molar-refractivity contribution in [1.82, 2.24) is 0 Å².